The number of rotatable bonds is 3. The molecule has 2 heterocycles. The summed E-state index contributed by atoms with van der Waals surface area (Å²) in [5.41, 5.74) is 6.63. The molecular weight excluding hydrogens is 246 g/mol. The fourth-order valence-electron chi connectivity index (χ4n) is 1.52. The van der Waals surface area contributed by atoms with Crippen molar-refractivity contribution in [2.75, 3.05) is 26.9 Å². The number of methoxy groups -OCH3 is 1. The molecule has 0 bridgehead atoms. The van der Waals surface area contributed by atoms with E-state index >= 15 is 0 Å². The van der Waals surface area contributed by atoms with Crippen molar-refractivity contribution in [3.05, 3.63) is 30.1 Å². The molecule has 0 aliphatic carbocycles. The van der Waals surface area contributed by atoms with E-state index in [4.69, 9.17) is 10.5 Å². The van der Waals surface area contributed by atoms with Crippen molar-refractivity contribution in [2.45, 2.75) is 0 Å². The molecule has 1 amide bonds. The van der Waals surface area contributed by atoms with Crippen LogP contribution in [0.5, 0.6) is 5.88 Å². The molecule has 0 unspecified atom stereocenters. The number of amides is 1. The summed E-state index contributed by atoms with van der Waals surface area (Å²) in [7, 11) is 4.85. The second-order valence-electron chi connectivity index (χ2n) is 4.11. The molecule has 0 spiro atoms. The minimum Gasteiger partial charge on any atom is -0.481 e. The Morgan fingerprint density at radius 2 is 2.11 bits per heavy atom. The monoisotopic (exact) mass is 261 g/mol. The molecule has 0 fully saturated rings. The Morgan fingerprint density at radius 1 is 1.37 bits per heavy atom. The van der Waals surface area contributed by atoms with Crippen LogP contribution in [0.3, 0.4) is 0 Å². The third-order valence-corrected chi connectivity index (χ3v) is 2.52. The lowest BCUT2D eigenvalue weighted by atomic mass is 10.4. The summed E-state index contributed by atoms with van der Waals surface area (Å²) < 4.78 is 6.49. The van der Waals surface area contributed by atoms with Crippen molar-refractivity contribution in [1.29, 1.82) is 0 Å². The van der Waals surface area contributed by atoms with Crippen molar-refractivity contribution in [3.63, 3.8) is 0 Å². The Bertz CT molecular complexity index is 606. The second-order valence-corrected chi connectivity index (χ2v) is 4.11. The van der Waals surface area contributed by atoms with Gasteiger partial charge in [-0.15, -0.1) is 0 Å². The molecule has 2 rings (SSSR count). The van der Waals surface area contributed by atoms with Crippen LogP contribution in [0.2, 0.25) is 0 Å². The number of carbonyl (C=O) groups is 1. The topological polar surface area (TPSA) is 86.3 Å². The quantitative estimate of drug-likeness (QED) is 0.872. The van der Waals surface area contributed by atoms with E-state index in [0.717, 1.165) is 0 Å². The van der Waals surface area contributed by atoms with Gasteiger partial charge in [0, 0.05) is 26.4 Å². The highest BCUT2D eigenvalue weighted by Gasteiger charge is 2.14. The zero-order valence-electron chi connectivity index (χ0n) is 11.0. The van der Waals surface area contributed by atoms with E-state index in [1.54, 1.807) is 38.5 Å². The zero-order chi connectivity index (χ0) is 14.0. The van der Waals surface area contributed by atoms with E-state index < -0.39 is 0 Å². The predicted molar refractivity (Wildman–Crippen MR) is 70.3 cm³/mol. The second kappa shape index (κ2) is 4.97. The molecule has 0 saturated carbocycles. The first-order valence-electron chi connectivity index (χ1n) is 5.61. The first-order chi connectivity index (χ1) is 9.02. The Morgan fingerprint density at radius 3 is 2.74 bits per heavy atom. The van der Waals surface area contributed by atoms with E-state index in [2.05, 4.69) is 10.1 Å². The molecule has 0 aliphatic rings. The van der Waals surface area contributed by atoms with Crippen molar-refractivity contribution >= 4 is 11.6 Å². The van der Waals surface area contributed by atoms with Crippen LogP contribution in [0.4, 0.5) is 5.69 Å². The maximum absolute atomic E-state index is 11.8. The van der Waals surface area contributed by atoms with Gasteiger partial charge in [0.1, 0.15) is 0 Å². The summed E-state index contributed by atoms with van der Waals surface area (Å²) in [6, 6.07) is 4.95. The summed E-state index contributed by atoms with van der Waals surface area (Å²) >= 11 is 0. The Hall–Kier alpha value is -2.57. The summed E-state index contributed by atoms with van der Waals surface area (Å²) in [6.07, 6.45) is 1.63. The van der Waals surface area contributed by atoms with Gasteiger partial charge in [0.25, 0.3) is 5.91 Å². The van der Waals surface area contributed by atoms with Crippen LogP contribution in [0.25, 0.3) is 5.82 Å². The van der Waals surface area contributed by atoms with Gasteiger partial charge < -0.3 is 15.4 Å². The van der Waals surface area contributed by atoms with Crippen molar-refractivity contribution in [2.24, 2.45) is 0 Å². The standard InChI is InChI=1S/C12H15N5O2/c1-16(2)12(18)9-6-7-17(15-9)11-8(13)4-5-10(14-11)19-3/h4-7H,13H2,1-3H3. The molecule has 0 radical (unpaired) electrons. The minimum absolute atomic E-state index is 0.180. The van der Waals surface area contributed by atoms with Gasteiger partial charge in [0.05, 0.1) is 12.8 Å². The number of hydrogen-bond acceptors (Lipinski definition) is 5. The van der Waals surface area contributed by atoms with E-state index in [9.17, 15) is 4.79 Å². The van der Waals surface area contributed by atoms with Crippen LogP contribution in [0.1, 0.15) is 10.5 Å². The first kappa shape index (κ1) is 12.9. The molecular formula is C12H15N5O2. The van der Waals surface area contributed by atoms with Crippen molar-refractivity contribution in [3.8, 4) is 11.7 Å². The number of aromatic nitrogens is 3. The van der Waals surface area contributed by atoms with Crippen molar-refractivity contribution < 1.29 is 9.53 Å². The fourth-order valence-corrected chi connectivity index (χ4v) is 1.52. The smallest absolute Gasteiger partial charge is 0.273 e. The van der Waals surface area contributed by atoms with Gasteiger partial charge >= 0.3 is 0 Å². The SMILES string of the molecule is COc1ccc(N)c(-n2ccc(C(=O)N(C)C)n2)n1. The zero-order valence-corrected chi connectivity index (χ0v) is 11.0. The number of ether oxygens (including phenoxy) is 1. The molecule has 0 atom stereocenters. The third-order valence-electron chi connectivity index (χ3n) is 2.52. The van der Waals surface area contributed by atoms with Crippen LogP contribution in [0, 0.1) is 0 Å². The summed E-state index contributed by atoms with van der Waals surface area (Å²) in [5, 5.41) is 4.17. The Balaban J connectivity index is 2.40. The van der Waals surface area contributed by atoms with E-state index in [1.165, 1.54) is 16.7 Å². The Kier molecular flexibility index (Phi) is 3.37. The molecule has 7 heteroatoms. The highest BCUT2D eigenvalue weighted by atomic mass is 16.5. The molecule has 2 N–H and O–H groups in total. The number of pyridine rings is 1. The van der Waals surface area contributed by atoms with Crippen LogP contribution in [-0.2, 0) is 0 Å². The van der Waals surface area contributed by atoms with Crippen LogP contribution in [0.15, 0.2) is 24.4 Å². The van der Waals surface area contributed by atoms with Gasteiger partial charge in [0.2, 0.25) is 5.88 Å². The highest BCUT2D eigenvalue weighted by Crippen LogP contribution is 2.18. The van der Waals surface area contributed by atoms with Gasteiger partial charge in [-0.3, -0.25) is 4.79 Å². The fraction of sp³-hybridized carbons (Fsp3) is 0.250. The number of hydrogen-bond donors (Lipinski definition) is 1. The number of nitrogens with zero attached hydrogens (tertiary/aromatic N) is 4. The van der Waals surface area contributed by atoms with Gasteiger partial charge in [-0.05, 0) is 12.1 Å². The molecule has 7 nitrogen and oxygen atoms in total. The van der Waals surface area contributed by atoms with Crippen LogP contribution >= 0.6 is 0 Å². The average Bonchev–Trinajstić information content (AvgIpc) is 2.87. The third kappa shape index (κ3) is 2.49. The molecule has 0 saturated heterocycles. The number of carbonyl (C=O) groups excluding carboxylic acids is 1. The number of nitrogens with two attached hydrogens (primary N) is 1. The maximum atomic E-state index is 11.8. The van der Waals surface area contributed by atoms with Gasteiger partial charge in [0.15, 0.2) is 11.5 Å². The van der Waals surface area contributed by atoms with E-state index in [-0.39, 0.29) is 5.91 Å². The summed E-state index contributed by atoms with van der Waals surface area (Å²) in [4.78, 5) is 17.4. The number of anilines is 1. The summed E-state index contributed by atoms with van der Waals surface area (Å²) in [5.74, 6) is 0.678. The van der Waals surface area contributed by atoms with Gasteiger partial charge in [-0.1, -0.05) is 0 Å². The normalized spacial score (nSPS) is 10.3. The molecule has 0 aliphatic heterocycles. The number of nitrogen functional groups attached to an aromatic ring is 1. The molecule has 19 heavy (non-hydrogen) atoms. The predicted octanol–water partition coefficient (Wildman–Crippen LogP) is 0.560. The molecule has 0 aromatic carbocycles. The van der Waals surface area contributed by atoms with Crippen molar-refractivity contribution in [1.82, 2.24) is 19.7 Å². The van der Waals surface area contributed by atoms with E-state index in [0.29, 0.717) is 23.1 Å². The highest BCUT2D eigenvalue weighted by molar-refractivity contribution is 5.91. The van der Waals surface area contributed by atoms with Crippen LogP contribution < -0.4 is 10.5 Å². The maximum Gasteiger partial charge on any atom is 0.273 e. The largest absolute Gasteiger partial charge is 0.481 e. The lowest BCUT2D eigenvalue weighted by Gasteiger charge is -2.08. The first-order valence-corrected chi connectivity index (χ1v) is 5.61. The van der Waals surface area contributed by atoms with Gasteiger partial charge in [-0.25, -0.2) is 4.68 Å². The summed E-state index contributed by atoms with van der Waals surface area (Å²) in [6.45, 7) is 0. The lowest BCUT2D eigenvalue weighted by molar-refractivity contribution is 0.0821. The van der Waals surface area contributed by atoms with Gasteiger partial charge in [-0.2, -0.15) is 10.1 Å². The lowest BCUT2D eigenvalue weighted by Crippen LogP contribution is -2.22. The molecule has 2 aromatic rings. The molecule has 100 valence electrons. The minimum atomic E-state index is -0.180. The average molecular weight is 261 g/mol. The Labute approximate surface area is 110 Å². The van der Waals surface area contributed by atoms with E-state index in [1.807, 2.05) is 0 Å². The van der Waals surface area contributed by atoms with Crippen LogP contribution in [-0.4, -0.2) is 46.8 Å². The molecule has 2 aromatic heterocycles.